The van der Waals surface area contributed by atoms with Crippen LogP contribution in [-0.2, 0) is 11.3 Å². The molecule has 2 N–H and O–H groups in total. The summed E-state index contributed by atoms with van der Waals surface area (Å²) in [4.78, 5) is 11.8. The standard InChI is InChI=1S/C16H21N3O2/c1-12-10-13(2)19(18-12)11-16(21)17-9-8-15(20)14-6-4-3-5-7-14/h3-7,10,15,20H,8-9,11H2,1-2H3,(H,17,21)/t15-/m0/s1. The van der Waals surface area contributed by atoms with E-state index in [0.29, 0.717) is 13.0 Å². The highest BCUT2D eigenvalue weighted by Gasteiger charge is 2.09. The molecule has 2 rings (SSSR count). The zero-order chi connectivity index (χ0) is 15.2. The number of aliphatic hydroxyl groups excluding tert-OH is 1. The van der Waals surface area contributed by atoms with Crippen LogP contribution in [0.2, 0.25) is 0 Å². The second kappa shape index (κ2) is 7.04. The minimum Gasteiger partial charge on any atom is -0.388 e. The fourth-order valence-electron chi connectivity index (χ4n) is 2.22. The van der Waals surface area contributed by atoms with E-state index in [9.17, 15) is 9.90 Å². The second-order valence-corrected chi connectivity index (χ2v) is 5.15. The molecular formula is C16H21N3O2. The lowest BCUT2D eigenvalue weighted by molar-refractivity contribution is -0.121. The van der Waals surface area contributed by atoms with Crippen LogP contribution < -0.4 is 5.32 Å². The Morgan fingerprint density at radius 2 is 2.05 bits per heavy atom. The van der Waals surface area contributed by atoms with Crippen LogP contribution in [0.3, 0.4) is 0 Å². The normalized spacial score (nSPS) is 12.1. The Kier molecular flexibility index (Phi) is 5.11. The summed E-state index contributed by atoms with van der Waals surface area (Å²) in [6, 6.07) is 11.4. The van der Waals surface area contributed by atoms with E-state index in [2.05, 4.69) is 10.4 Å². The van der Waals surface area contributed by atoms with Gasteiger partial charge in [-0.2, -0.15) is 5.10 Å². The monoisotopic (exact) mass is 287 g/mol. The highest BCUT2D eigenvalue weighted by molar-refractivity contribution is 5.75. The van der Waals surface area contributed by atoms with Crippen LogP contribution in [0.15, 0.2) is 36.4 Å². The fourth-order valence-corrected chi connectivity index (χ4v) is 2.22. The summed E-state index contributed by atoms with van der Waals surface area (Å²) in [7, 11) is 0. The minimum absolute atomic E-state index is 0.0959. The number of rotatable bonds is 6. The van der Waals surface area contributed by atoms with Gasteiger partial charge >= 0.3 is 0 Å². The molecule has 0 spiro atoms. The first-order chi connectivity index (χ1) is 10.1. The van der Waals surface area contributed by atoms with Crippen LogP contribution in [0.1, 0.15) is 29.5 Å². The van der Waals surface area contributed by atoms with Gasteiger partial charge in [0.05, 0.1) is 11.8 Å². The average molecular weight is 287 g/mol. The molecular weight excluding hydrogens is 266 g/mol. The van der Waals surface area contributed by atoms with Gasteiger partial charge in [0, 0.05) is 12.2 Å². The molecule has 0 saturated heterocycles. The van der Waals surface area contributed by atoms with E-state index in [1.807, 2.05) is 50.2 Å². The van der Waals surface area contributed by atoms with E-state index in [1.54, 1.807) is 4.68 Å². The molecule has 1 heterocycles. The van der Waals surface area contributed by atoms with Crippen molar-refractivity contribution in [2.45, 2.75) is 32.9 Å². The Labute approximate surface area is 124 Å². The van der Waals surface area contributed by atoms with E-state index >= 15 is 0 Å². The highest BCUT2D eigenvalue weighted by atomic mass is 16.3. The van der Waals surface area contributed by atoms with Crippen molar-refractivity contribution in [1.29, 1.82) is 0 Å². The number of nitrogens with zero attached hydrogens (tertiary/aromatic N) is 2. The largest absolute Gasteiger partial charge is 0.388 e. The highest BCUT2D eigenvalue weighted by Crippen LogP contribution is 2.14. The Morgan fingerprint density at radius 3 is 2.67 bits per heavy atom. The third kappa shape index (κ3) is 4.43. The molecule has 21 heavy (non-hydrogen) atoms. The lowest BCUT2D eigenvalue weighted by Gasteiger charge is -2.12. The van der Waals surface area contributed by atoms with Crippen LogP contribution in [-0.4, -0.2) is 27.3 Å². The number of aliphatic hydroxyl groups is 1. The number of aryl methyl sites for hydroxylation is 2. The van der Waals surface area contributed by atoms with Gasteiger partial charge in [-0.3, -0.25) is 9.48 Å². The van der Waals surface area contributed by atoms with Crippen LogP contribution in [0, 0.1) is 13.8 Å². The van der Waals surface area contributed by atoms with Crippen molar-refractivity contribution in [2.75, 3.05) is 6.54 Å². The number of nitrogens with one attached hydrogen (secondary N) is 1. The maximum atomic E-state index is 11.8. The second-order valence-electron chi connectivity index (χ2n) is 5.15. The number of carbonyl (C=O) groups is 1. The van der Waals surface area contributed by atoms with Gasteiger partial charge in [-0.05, 0) is 31.9 Å². The van der Waals surface area contributed by atoms with Crippen LogP contribution >= 0.6 is 0 Å². The molecule has 0 saturated carbocycles. The molecule has 2 aromatic rings. The molecule has 1 atom stereocenters. The zero-order valence-electron chi connectivity index (χ0n) is 12.4. The molecule has 5 nitrogen and oxygen atoms in total. The average Bonchev–Trinajstić information content (AvgIpc) is 2.77. The predicted octanol–water partition coefficient (Wildman–Crippen LogP) is 1.74. The van der Waals surface area contributed by atoms with Gasteiger partial charge < -0.3 is 10.4 Å². The molecule has 0 aliphatic rings. The first-order valence-corrected chi connectivity index (χ1v) is 7.07. The lowest BCUT2D eigenvalue weighted by Crippen LogP contribution is -2.30. The number of carbonyl (C=O) groups excluding carboxylic acids is 1. The van der Waals surface area contributed by atoms with Crippen molar-refractivity contribution in [1.82, 2.24) is 15.1 Å². The van der Waals surface area contributed by atoms with Crippen molar-refractivity contribution in [3.8, 4) is 0 Å². The lowest BCUT2D eigenvalue weighted by atomic mass is 10.1. The summed E-state index contributed by atoms with van der Waals surface area (Å²) in [5, 5.41) is 17.1. The first kappa shape index (κ1) is 15.3. The van der Waals surface area contributed by atoms with E-state index in [-0.39, 0.29) is 12.5 Å². The topological polar surface area (TPSA) is 67.2 Å². The summed E-state index contributed by atoms with van der Waals surface area (Å²) in [5.41, 5.74) is 2.73. The third-order valence-electron chi connectivity index (χ3n) is 3.32. The Balaban J connectivity index is 1.76. The van der Waals surface area contributed by atoms with Gasteiger partial charge in [-0.1, -0.05) is 30.3 Å². The molecule has 1 aromatic carbocycles. The Bertz CT molecular complexity index is 593. The van der Waals surface area contributed by atoms with Gasteiger partial charge in [0.25, 0.3) is 0 Å². The van der Waals surface area contributed by atoms with Crippen molar-refractivity contribution in [3.05, 3.63) is 53.3 Å². The number of aromatic nitrogens is 2. The van der Waals surface area contributed by atoms with Crippen molar-refractivity contribution < 1.29 is 9.90 Å². The maximum absolute atomic E-state index is 11.8. The predicted molar refractivity (Wildman–Crippen MR) is 80.7 cm³/mol. The van der Waals surface area contributed by atoms with E-state index in [0.717, 1.165) is 17.0 Å². The molecule has 1 amide bonds. The molecule has 112 valence electrons. The number of hydrogen-bond donors (Lipinski definition) is 2. The fraction of sp³-hybridized carbons (Fsp3) is 0.375. The molecule has 0 bridgehead atoms. The van der Waals surface area contributed by atoms with E-state index in [4.69, 9.17) is 0 Å². The summed E-state index contributed by atoms with van der Waals surface area (Å²) >= 11 is 0. The Morgan fingerprint density at radius 1 is 1.33 bits per heavy atom. The molecule has 0 aliphatic heterocycles. The van der Waals surface area contributed by atoms with Crippen LogP contribution in [0.25, 0.3) is 0 Å². The number of hydrogen-bond acceptors (Lipinski definition) is 3. The van der Waals surface area contributed by atoms with E-state index < -0.39 is 6.10 Å². The minimum atomic E-state index is -0.555. The molecule has 0 unspecified atom stereocenters. The molecule has 5 heteroatoms. The van der Waals surface area contributed by atoms with Crippen molar-refractivity contribution in [2.24, 2.45) is 0 Å². The van der Waals surface area contributed by atoms with Crippen molar-refractivity contribution in [3.63, 3.8) is 0 Å². The first-order valence-electron chi connectivity index (χ1n) is 7.07. The van der Waals surface area contributed by atoms with Crippen LogP contribution in [0.5, 0.6) is 0 Å². The quantitative estimate of drug-likeness (QED) is 0.850. The SMILES string of the molecule is Cc1cc(C)n(CC(=O)NCC[C@H](O)c2ccccc2)n1. The molecule has 0 fully saturated rings. The number of amides is 1. The van der Waals surface area contributed by atoms with Gasteiger partial charge in [-0.25, -0.2) is 0 Å². The van der Waals surface area contributed by atoms with Crippen molar-refractivity contribution >= 4 is 5.91 Å². The zero-order valence-corrected chi connectivity index (χ0v) is 12.4. The number of benzene rings is 1. The smallest absolute Gasteiger partial charge is 0.241 e. The van der Waals surface area contributed by atoms with Gasteiger partial charge in [-0.15, -0.1) is 0 Å². The molecule has 0 aliphatic carbocycles. The summed E-state index contributed by atoms with van der Waals surface area (Å²) in [6.07, 6.45) is -0.0625. The Hall–Kier alpha value is -2.14. The molecule has 0 radical (unpaired) electrons. The summed E-state index contributed by atoms with van der Waals surface area (Å²) < 4.78 is 1.68. The van der Waals surface area contributed by atoms with E-state index in [1.165, 1.54) is 0 Å². The maximum Gasteiger partial charge on any atom is 0.241 e. The molecule has 1 aromatic heterocycles. The van der Waals surface area contributed by atoms with Gasteiger partial charge in [0.1, 0.15) is 6.54 Å². The summed E-state index contributed by atoms with van der Waals surface area (Å²) in [5.74, 6) is -0.0959. The summed E-state index contributed by atoms with van der Waals surface area (Å²) in [6.45, 7) is 4.47. The third-order valence-corrected chi connectivity index (χ3v) is 3.32. The van der Waals surface area contributed by atoms with Gasteiger partial charge in [0.2, 0.25) is 5.91 Å². The van der Waals surface area contributed by atoms with Gasteiger partial charge in [0.15, 0.2) is 0 Å². The van der Waals surface area contributed by atoms with Crippen LogP contribution in [0.4, 0.5) is 0 Å².